The third-order valence-electron chi connectivity index (χ3n) is 4.70. The van der Waals surface area contributed by atoms with Crippen LogP contribution in [-0.4, -0.2) is 35.7 Å². The quantitative estimate of drug-likeness (QED) is 0.797. The molecular weight excluding hydrogens is 312 g/mol. The second-order valence-electron chi connectivity index (χ2n) is 6.54. The number of rotatable bonds is 3. The lowest BCUT2D eigenvalue weighted by molar-refractivity contribution is 0.564. The first-order valence-corrected chi connectivity index (χ1v) is 8.73. The van der Waals surface area contributed by atoms with Gasteiger partial charge in [-0.25, -0.2) is 4.98 Å². The first kappa shape index (κ1) is 15.8. The average Bonchev–Trinajstić information content (AvgIpc) is 2.66. The zero-order chi connectivity index (χ0) is 17.2. The van der Waals surface area contributed by atoms with Crippen LogP contribution in [0.25, 0.3) is 10.9 Å². The van der Waals surface area contributed by atoms with Crippen molar-refractivity contribution in [2.45, 2.75) is 13.5 Å². The predicted molar refractivity (Wildman–Crippen MR) is 101 cm³/mol. The van der Waals surface area contributed by atoms with Gasteiger partial charge in [-0.1, -0.05) is 42.0 Å². The highest BCUT2D eigenvalue weighted by Crippen LogP contribution is 2.17. The molecule has 0 saturated carbocycles. The molecule has 5 nitrogen and oxygen atoms in total. The lowest BCUT2D eigenvalue weighted by Crippen LogP contribution is -2.46. The van der Waals surface area contributed by atoms with Crippen LogP contribution in [0.4, 0.5) is 5.95 Å². The molecule has 0 spiro atoms. The zero-order valence-corrected chi connectivity index (χ0v) is 14.4. The molecule has 1 N–H and O–H groups in total. The molecule has 2 aromatic carbocycles. The van der Waals surface area contributed by atoms with Gasteiger partial charge in [-0.3, -0.25) is 9.36 Å². The van der Waals surface area contributed by atoms with Gasteiger partial charge in [0.2, 0.25) is 5.95 Å². The Morgan fingerprint density at radius 1 is 1.04 bits per heavy atom. The molecule has 5 heteroatoms. The maximum Gasteiger partial charge on any atom is 0.263 e. The van der Waals surface area contributed by atoms with E-state index in [0.29, 0.717) is 11.9 Å². The van der Waals surface area contributed by atoms with Crippen molar-refractivity contribution in [3.8, 4) is 0 Å². The molecule has 2 heterocycles. The van der Waals surface area contributed by atoms with Gasteiger partial charge in [0, 0.05) is 26.2 Å². The van der Waals surface area contributed by atoms with Crippen LogP contribution in [0, 0.1) is 6.92 Å². The van der Waals surface area contributed by atoms with Crippen LogP contribution in [-0.2, 0) is 6.54 Å². The molecule has 4 rings (SSSR count). The number of nitrogens with one attached hydrogen (secondary N) is 1. The Bertz CT molecular complexity index is 940. The maximum absolute atomic E-state index is 13.1. The van der Waals surface area contributed by atoms with Crippen molar-refractivity contribution in [2.75, 3.05) is 31.1 Å². The first-order chi connectivity index (χ1) is 12.2. The summed E-state index contributed by atoms with van der Waals surface area (Å²) in [5.41, 5.74) is 3.12. The van der Waals surface area contributed by atoms with E-state index in [1.165, 1.54) is 5.56 Å². The number of aromatic nitrogens is 2. The lowest BCUT2D eigenvalue weighted by atomic mass is 10.1. The van der Waals surface area contributed by atoms with Crippen LogP contribution in [0.2, 0.25) is 0 Å². The predicted octanol–water partition coefficient (Wildman–Crippen LogP) is 2.16. The van der Waals surface area contributed by atoms with E-state index in [4.69, 9.17) is 4.98 Å². The number of fused-ring (bicyclic) bond motifs is 1. The van der Waals surface area contributed by atoms with Gasteiger partial charge < -0.3 is 10.2 Å². The third kappa shape index (κ3) is 3.15. The number of nitrogens with zero attached hydrogens (tertiary/aromatic N) is 3. The Balaban J connectivity index is 1.85. The van der Waals surface area contributed by atoms with Crippen LogP contribution < -0.4 is 15.8 Å². The molecule has 1 saturated heterocycles. The van der Waals surface area contributed by atoms with E-state index in [1.54, 1.807) is 0 Å². The first-order valence-electron chi connectivity index (χ1n) is 8.73. The van der Waals surface area contributed by atoms with Crippen molar-refractivity contribution >= 4 is 16.9 Å². The highest BCUT2D eigenvalue weighted by Gasteiger charge is 2.18. The van der Waals surface area contributed by atoms with E-state index in [0.717, 1.165) is 43.2 Å². The van der Waals surface area contributed by atoms with E-state index in [1.807, 2.05) is 28.8 Å². The molecule has 1 aliphatic rings. The normalized spacial score (nSPS) is 14.8. The Labute approximate surface area is 146 Å². The number of para-hydroxylation sites is 1. The molecule has 3 aromatic rings. The van der Waals surface area contributed by atoms with E-state index < -0.39 is 0 Å². The van der Waals surface area contributed by atoms with Gasteiger partial charge in [0.1, 0.15) is 0 Å². The molecule has 0 bridgehead atoms. The SMILES string of the molecule is Cc1ccc(Cn2c(N3CCNCC3)nc3ccccc3c2=O)cc1. The minimum Gasteiger partial charge on any atom is -0.340 e. The fourth-order valence-corrected chi connectivity index (χ4v) is 3.28. The zero-order valence-electron chi connectivity index (χ0n) is 14.4. The molecule has 25 heavy (non-hydrogen) atoms. The van der Waals surface area contributed by atoms with Crippen molar-refractivity contribution in [3.05, 3.63) is 70.0 Å². The molecule has 0 amide bonds. The van der Waals surface area contributed by atoms with Crippen LogP contribution >= 0.6 is 0 Å². The summed E-state index contributed by atoms with van der Waals surface area (Å²) in [4.78, 5) is 20.2. The van der Waals surface area contributed by atoms with Crippen LogP contribution in [0.5, 0.6) is 0 Å². The number of hydrogen-bond donors (Lipinski definition) is 1. The van der Waals surface area contributed by atoms with Crippen LogP contribution in [0.1, 0.15) is 11.1 Å². The van der Waals surface area contributed by atoms with Crippen LogP contribution in [0.15, 0.2) is 53.3 Å². The number of piperazine rings is 1. The van der Waals surface area contributed by atoms with Gasteiger partial charge >= 0.3 is 0 Å². The fraction of sp³-hybridized carbons (Fsp3) is 0.300. The summed E-state index contributed by atoms with van der Waals surface area (Å²) in [5, 5.41) is 4.03. The van der Waals surface area contributed by atoms with Gasteiger partial charge in [0.15, 0.2) is 0 Å². The second kappa shape index (κ2) is 6.69. The van der Waals surface area contributed by atoms with Gasteiger partial charge in [0.05, 0.1) is 17.4 Å². The van der Waals surface area contributed by atoms with Crippen molar-refractivity contribution in [3.63, 3.8) is 0 Å². The molecule has 1 fully saturated rings. The van der Waals surface area contributed by atoms with Crippen molar-refractivity contribution in [1.82, 2.24) is 14.9 Å². The largest absolute Gasteiger partial charge is 0.340 e. The Kier molecular flexibility index (Phi) is 4.24. The molecule has 0 unspecified atom stereocenters. The molecule has 0 atom stereocenters. The number of benzene rings is 2. The number of hydrogen-bond acceptors (Lipinski definition) is 4. The molecular formula is C20H22N4O. The Hall–Kier alpha value is -2.66. The Morgan fingerprint density at radius 2 is 1.76 bits per heavy atom. The Morgan fingerprint density at radius 3 is 2.52 bits per heavy atom. The topological polar surface area (TPSA) is 50.2 Å². The van der Waals surface area contributed by atoms with E-state index in [-0.39, 0.29) is 5.56 Å². The summed E-state index contributed by atoms with van der Waals surface area (Å²) in [6.45, 7) is 6.15. The van der Waals surface area contributed by atoms with E-state index in [2.05, 4.69) is 41.4 Å². The molecule has 1 aromatic heterocycles. The highest BCUT2D eigenvalue weighted by atomic mass is 16.1. The monoisotopic (exact) mass is 334 g/mol. The lowest BCUT2D eigenvalue weighted by Gasteiger charge is -2.30. The molecule has 1 aliphatic heterocycles. The summed E-state index contributed by atoms with van der Waals surface area (Å²) in [6.07, 6.45) is 0. The van der Waals surface area contributed by atoms with Crippen molar-refractivity contribution in [1.29, 1.82) is 0 Å². The molecule has 0 aliphatic carbocycles. The summed E-state index contributed by atoms with van der Waals surface area (Å²) in [5.74, 6) is 0.769. The van der Waals surface area contributed by atoms with E-state index >= 15 is 0 Å². The standard InChI is InChI=1S/C20H22N4O/c1-15-6-8-16(9-7-15)14-24-19(25)17-4-2-3-5-18(17)22-20(24)23-12-10-21-11-13-23/h2-9,21H,10-14H2,1H3. The summed E-state index contributed by atoms with van der Waals surface area (Å²) in [6, 6.07) is 15.9. The third-order valence-corrected chi connectivity index (χ3v) is 4.70. The van der Waals surface area contributed by atoms with Gasteiger partial charge in [-0.2, -0.15) is 0 Å². The summed E-state index contributed by atoms with van der Waals surface area (Å²) < 4.78 is 1.82. The maximum atomic E-state index is 13.1. The smallest absolute Gasteiger partial charge is 0.263 e. The minimum absolute atomic E-state index is 0.0275. The van der Waals surface area contributed by atoms with Crippen molar-refractivity contribution < 1.29 is 0 Å². The second-order valence-corrected chi connectivity index (χ2v) is 6.54. The molecule has 128 valence electrons. The molecule has 0 radical (unpaired) electrons. The summed E-state index contributed by atoms with van der Waals surface area (Å²) >= 11 is 0. The number of aryl methyl sites for hydroxylation is 1. The minimum atomic E-state index is 0.0275. The van der Waals surface area contributed by atoms with Crippen molar-refractivity contribution in [2.24, 2.45) is 0 Å². The summed E-state index contributed by atoms with van der Waals surface area (Å²) in [7, 11) is 0. The highest BCUT2D eigenvalue weighted by molar-refractivity contribution is 5.78. The van der Waals surface area contributed by atoms with Gasteiger partial charge in [-0.15, -0.1) is 0 Å². The number of anilines is 1. The van der Waals surface area contributed by atoms with E-state index in [9.17, 15) is 4.79 Å². The van der Waals surface area contributed by atoms with Gasteiger partial charge in [0.25, 0.3) is 5.56 Å². The van der Waals surface area contributed by atoms with Gasteiger partial charge in [-0.05, 0) is 24.6 Å². The fourth-order valence-electron chi connectivity index (χ4n) is 3.28. The van der Waals surface area contributed by atoms with Crippen LogP contribution in [0.3, 0.4) is 0 Å². The average molecular weight is 334 g/mol.